The number of hydrazine groups is 1. The number of likely N-dealkylation sites (N-methyl/N-ethyl adjacent to an activating group) is 1. The number of halogens is 1. The molecule has 36 heavy (non-hydrogen) atoms. The van der Waals surface area contributed by atoms with Crippen LogP contribution in [0.4, 0.5) is 15.0 Å². The van der Waals surface area contributed by atoms with Crippen LogP contribution in [0.3, 0.4) is 0 Å². The number of hydrogen-bond acceptors (Lipinski definition) is 12. The molecule has 0 saturated carbocycles. The molecule has 0 aromatic carbocycles. The number of carbonyl (C=O) groups is 1. The van der Waals surface area contributed by atoms with Gasteiger partial charge in [-0.25, -0.2) is 20.4 Å². The summed E-state index contributed by atoms with van der Waals surface area (Å²) in [5.41, 5.74) is 1.53. The minimum Gasteiger partial charge on any atom is -0.445 e. The van der Waals surface area contributed by atoms with Crippen LogP contribution in [-0.4, -0.2) is 70.0 Å². The zero-order chi connectivity index (χ0) is 26.3. The van der Waals surface area contributed by atoms with Gasteiger partial charge in [0.05, 0.1) is 12.9 Å². The molecule has 0 fully saturated rings. The average Bonchev–Trinajstić information content (AvgIpc) is 3.40. The third kappa shape index (κ3) is 6.36. The van der Waals surface area contributed by atoms with Crippen molar-refractivity contribution >= 4 is 23.1 Å². The highest BCUT2D eigenvalue weighted by Gasteiger charge is 2.30. The Labute approximate surface area is 204 Å². The fourth-order valence-corrected chi connectivity index (χ4v) is 3.31. The van der Waals surface area contributed by atoms with Gasteiger partial charge in [0.15, 0.2) is 28.3 Å². The van der Waals surface area contributed by atoms with Crippen LogP contribution in [-0.2, 0) is 22.6 Å². The van der Waals surface area contributed by atoms with Gasteiger partial charge in [0, 0.05) is 33.2 Å². The molecule has 0 aliphatic rings. The molecule has 0 spiro atoms. The maximum absolute atomic E-state index is 13.7. The average molecular weight is 506 g/mol. The predicted octanol–water partition coefficient (Wildman–Crippen LogP) is 0.372. The third-order valence-electron chi connectivity index (χ3n) is 5.43. The molecular weight excluding hydrogens is 479 g/mol. The van der Waals surface area contributed by atoms with Crippen molar-refractivity contribution in [2.45, 2.75) is 32.0 Å². The summed E-state index contributed by atoms with van der Waals surface area (Å²) in [4.78, 5) is 36.6. The lowest BCUT2D eigenvalue weighted by Crippen LogP contribution is -2.40. The highest BCUT2D eigenvalue weighted by atomic mass is 19.1. The van der Waals surface area contributed by atoms with Crippen LogP contribution in [0.5, 0.6) is 0 Å². The maximum atomic E-state index is 13.7. The van der Waals surface area contributed by atoms with Crippen molar-refractivity contribution in [3.05, 3.63) is 34.5 Å². The van der Waals surface area contributed by atoms with Gasteiger partial charge in [-0.2, -0.15) is 14.4 Å². The minimum atomic E-state index is -1.25. The number of nitrogen functional groups attached to an aromatic ring is 1. The number of methoxy groups -OCH3 is 1. The summed E-state index contributed by atoms with van der Waals surface area (Å²) in [6.45, 7) is 2.67. The number of amides is 1. The highest BCUT2D eigenvalue weighted by molar-refractivity contribution is 5.82. The monoisotopic (exact) mass is 506 g/mol. The van der Waals surface area contributed by atoms with Gasteiger partial charge in [0.2, 0.25) is 0 Å². The van der Waals surface area contributed by atoms with Crippen molar-refractivity contribution in [1.29, 1.82) is 0 Å². The van der Waals surface area contributed by atoms with Gasteiger partial charge in [-0.15, -0.1) is 6.42 Å². The first-order valence-electron chi connectivity index (χ1n) is 10.8. The first-order chi connectivity index (χ1) is 17.2. The molecule has 15 heteroatoms. The number of aromatic nitrogens is 4. The molecule has 1 atom stereocenters. The molecule has 0 bridgehead atoms. The molecule has 0 aliphatic carbocycles. The number of terminal acetylenes is 1. The van der Waals surface area contributed by atoms with Gasteiger partial charge in [-0.1, -0.05) is 5.92 Å². The molecule has 3 aromatic heterocycles. The maximum Gasteiger partial charge on any atom is 0.519 e. The van der Waals surface area contributed by atoms with Crippen molar-refractivity contribution in [3.63, 3.8) is 0 Å². The number of anilines is 1. The number of nitrogens with two attached hydrogens (primary N) is 1. The topological polar surface area (TPSA) is 176 Å². The molecule has 4 N–H and O–H groups in total. The van der Waals surface area contributed by atoms with Crippen molar-refractivity contribution in [3.8, 4) is 12.3 Å². The SMILES string of the molecule is C#C[C@](CCn1cnc2c(NN)nc(F)nc21)(COC(=O)NCCN(C)Cc1oc(=O)oc1C)OC. The lowest BCUT2D eigenvalue weighted by molar-refractivity contribution is -0.0213. The number of nitrogens with zero attached hydrogens (tertiary/aromatic N) is 5. The summed E-state index contributed by atoms with van der Waals surface area (Å²) in [6, 6.07) is 0. The van der Waals surface area contributed by atoms with Gasteiger partial charge in [-0.3, -0.25) is 4.90 Å². The fourth-order valence-electron chi connectivity index (χ4n) is 3.31. The number of ether oxygens (including phenoxy) is 2. The molecule has 3 rings (SSSR count). The smallest absolute Gasteiger partial charge is 0.445 e. The number of aryl methyl sites for hydroxylation is 2. The van der Waals surface area contributed by atoms with E-state index in [2.05, 4.69) is 31.6 Å². The zero-order valence-corrected chi connectivity index (χ0v) is 20.0. The van der Waals surface area contributed by atoms with Crippen LogP contribution in [0.2, 0.25) is 0 Å². The third-order valence-corrected chi connectivity index (χ3v) is 5.43. The van der Waals surface area contributed by atoms with Crippen molar-refractivity contribution < 1.29 is 27.5 Å². The summed E-state index contributed by atoms with van der Waals surface area (Å²) < 4.78 is 35.8. The van der Waals surface area contributed by atoms with Crippen LogP contribution in [0, 0.1) is 25.3 Å². The molecule has 0 unspecified atom stereocenters. The standard InChI is InChI=1S/C21H27FN8O6/c1-5-21(33-4,6-8-30-12-25-15-16(28-23)26-18(22)27-17(15)30)11-34-19(31)24-7-9-29(3)10-14-13(2)35-20(32)36-14/h1,12H,6-11,23H2,2-4H3,(H,24,31)(H,26,27,28)/t21-/m0/s1. The van der Waals surface area contributed by atoms with Gasteiger partial charge in [0.25, 0.3) is 0 Å². The van der Waals surface area contributed by atoms with E-state index in [0.29, 0.717) is 24.6 Å². The van der Waals surface area contributed by atoms with E-state index in [1.165, 1.54) is 13.4 Å². The van der Waals surface area contributed by atoms with E-state index >= 15 is 0 Å². The summed E-state index contributed by atoms with van der Waals surface area (Å²) in [5, 5.41) is 2.62. The lowest BCUT2D eigenvalue weighted by Gasteiger charge is -2.26. The van der Waals surface area contributed by atoms with Crippen LogP contribution in [0.25, 0.3) is 11.2 Å². The Morgan fingerprint density at radius 1 is 1.42 bits per heavy atom. The second-order valence-corrected chi connectivity index (χ2v) is 7.86. The van der Waals surface area contributed by atoms with E-state index in [4.69, 9.17) is 30.6 Å². The quantitative estimate of drug-likeness (QED) is 0.133. The van der Waals surface area contributed by atoms with Crippen molar-refractivity contribution in [2.24, 2.45) is 5.84 Å². The highest BCUT2D eigenvalue weighted by Crippen LogP contribution is 2.21. The van der Waals surface area contributed by atoms with Gasteiger partial charge >= 0.3 is 18.0 Å². The Morgan fingerprint density at radius 2 is 2.19 bits per heavy atom. The van der Waals surface area contributed by atoms with E-state index in [0.717, 1.165) is 0 Å². The van der Waals surface area contributed by atoms with Gasteiger partial charge in [0.1, 0.15) is 12.4 Å². The number of hydrogen-bond donors (Lipinski definition) is 3. The molecule has 3 aromatic rings. The largest absolute Gasteiger partial charge is 0.519 e. The van der Waals surface area contributed by atoms with Crippen LogP contribution in [0.15, 0.2) is 20.0 Å². The normalized spacial score (nSPS) is 12.9. The Balaban J connectivity index is 1.50. The van der Waals surface area contributed by atoms with Crippen molar-refractivity contribution in [1.82, 2.24) is 29.7 Å². The van der Waals surface area contributed by atoms with Crippen LogP contribution < -0.4 is 22.4 Å². The summed E-state index contributed by atoms with van der Waals surface area (Å²) >= 11 is 0. The van der Waals surface area contributed by atoms with Gasteiger partial charge in [-0.05, 0) is 14.0 Å². The van der Waals surface area contributed by atoms with E-state index < -0.39 is 23.6 Å². The molecule has 0 saturated heterocycles. The molecule has 0 radical (unpaired) electrons. The number of nitrogens with one attached hydrogen (secondary N) is 2. The second kappa shape index (κ2) is 11.6. The molecule has 14 nitrogen and oxygen atoms in total. The number of rotatable bonds is 12. The Bertz CT molecular complexity index is 1300. The van der Waals surface area contributed by atoms with Crippen molar-refractivity contribution in [2.75, 3.05) is 39.3 Å². The zero-order valence-electron chi connectivity index (χ0n) is 20.0. The molecule has 3 heterocycles. The Morgan fingerprint density at radius 3 is 2.83 bits per heavy atom. The number of imidazole rings is 1. The molecular formula is C21H27FN8O6. The Kier molecular flexibility index (Phi) is 8.59. The summed E-state index contributed by atoms with van der Waals surface area (Å²) in [6.07, 6.45) is 5.67. The number of fused-ring (bicyclic) bond motifs is 1. The fraction of sp³-hybridized carbons (Fsp3) is 0.476. The van der Waals surface area contributed by atoms with Crippen LogP contribution >= 0.6 is 0 Å². The molecule has 194 valence electrons. The van der Waals surface area contributed by atoms with Crippen LogP contribution in [0.1, 0.15) is 17.9 Å². The summed E-state index contributed by atoms with van der Waals surface area (Å²) in [5.74, 6) is 7.99. The van der Waals surface area contributed by atoms with E-state index in [-0.39, 0.29) is 43.1 Å². The molecule has 1 amide bonds. The lowest BCUT2D eigenvalue weighted by atomic mass is 10.0. The number of carbonyl (C=O) groups excluding carboxylic acids is 1. The number of alkyl carbamates (subject to hydrolysis) is 1. The first kappa shape index (κ1) is 26.6. The minimum absolute atomic E-state index is 0.0429. The van der Waals surface area contributed by atoms with E-state index in [1.807, 2.05) is 4.90 Å². The summed E-state index contributed by atoms with van der Waals surface area (Å²) in [7, 11) is 3.19. The first-order valence-corrected chi connectivity index (χ1v) is 10.8. The van der Waals surface area contributed by atoms with Gasteiger partial charge < -0.3 is 33.6 Å². The van der Waals surface area contributed by atoms with E-state index in [1.54, 1.807) is 18.5 Å². The Hall–Kier alpha value is -4.00. The second-order valence-electron chi connectivity index (χ2n) is 7.86. The molecule has 0 aliphatic heterocycles. The predicted molar refractivity (Wildman–Crippen MR) is 124 cm³/mol. The van der Waals surface area contributed by atoms with E-state index in [9.17, 15) is 14.0 Å².